The summed E-state index contributed by atoms with van der Waals surface area (Å²) in [5, 5.41) is 0. The zero-order chi connectivity index (χ0) is 16.6. The summed E-state index contributed by atoms with van der Waals surface area (Å²) in [6.45, 7) is 6.19. The molecule has 3 rings (SSSR count). The van der Waals surface area contributed by atoms with E-state index in [9.17, 15) is 4.79 Å². The predicted octanol–water partition coefficient (Wildman–Crippen LogP) is 5.50. The summed E-state index contributed by atoms with van der Waals surface area (Å²) in [5.74, 6) is 0. The first-order valence-corrected chi connectivity index (χ1v) is 8.59. The third kappa shape index (κ3) is 3.27. The van der Waals surface area contributed by atoms with Gasteiger partial charge in [0.1, 0.15) is 10.6 Å². The largest absolute Gasteiger partial charge is 0.444 e. The van der Waals surface area contributed by atoms with E-state index in [1.165, 1.54) is 11.1 Å². The van der Waals surface area contributed by atoms with Gasteiger partial charge in [-0.05, 0) is 43.0 Å². The summed E-state index contributed by atoms with van der Waals surface area (Å²) in [6, 6.07) is 16.4. The highest BCUT2D eigenvalue weighted by molar-refractivity contribution is 9.09. The molecule has 0 aliphatic carbocycles. The minimum absolute atomic E-state index is 0.156. The molecule has 1 heterocycles. The average molecular weight is 374 g/mol. The Morgan fingerprint density at radius 2 is 1.83 bits per heavy atom. The molecule has 2 aromatic rings. The SMILES string of the molecule is CC(C)(C)OC(=O)N1Cc2c(-c3ccccc3)cccc2C1Br. The van der Waals surface area contributed by atoms with Gasteiger partial charge in [-0.2, -0.15) is 0 Å². The molecule has 1 amide bonds. The lowest BCUT2D eigenvalue weighted by atomic mass is 9.97. The molecular formula is C19H20BrNO2. The van der Waals surface area contributed by atoms with Crippen LogP contribution in [0.1, 0.15) is 36.8 Å². The number of benzene rings is 2. The van der Waals surface area contributed by atoms with Crippen molar-refractivity contribution in [3.05, 3.63) is 59.7 Å². The van der Waals surface area contributed by atoms with Crippen LogP contribution in [0, 0.1) is 0 Å². The molecular weight excluding hydrogens is 354 g/mol. The van der Waals surface area contributed by atoms with Crippen LogP contribution in [0.4, 0.5) is 4.79 Å². The number of alkyl halides is 1. The Labute approximate surface area is 145 Å². The molecule has 0 N–H and O–H groups in total. The van der Waals surface area contributed by atoms with Crippen LogP contribution in [0.5, 0.6) is 0 Å². The second kappa shape index (κ2) is 6.00. The summed E-state index contributed by atoms with van der Waals surface area (Å²) in [7, 11) is 0. The van der Waals surface area contributed by atoms with Crippen LogP contribution in [0.3, 0.4) is 0 Å². The fourth-order valence-electron chi connectivity index (χ4n) is 2.79. The maximum atomic E-state index is 12.5. The van der Waals surface area contributed by atoms with E-state index in [0.29, 0.717) is 6.54 Å². The van der Waals surface area contributed by atoms with Gasteiger partial charge < -0.3 is 4.74 Å². The van der Waals surface area contributed by atoms with Crippen LogP contribution in [0.15, 0.2) is 48.5 Å². The summed E-state index contributed by atoms with van der Waals surface area (Å²) in [5.41, 5.74) is 4.12. The first kappa shape index (κ1) is 16.1. The standard InChI is InChI=1S/C19H20BrNO2/c1-19(2,3)23-18(22)21-12-16-14(13-8-5-4-6-9-13)10-7-11-15(16)17(21)20/h4-11,17H,12H2,1-3H3. The Hall–Kier alpha value is -1.81. The summed E-state index contributed by atoms with van der Waals surface area (Å²) < 4.78 is 5.53. The fourth-order valence-corrected chi connectivity index (χ4v) is 3.53. The average Bonchev–Trinajstić information content (AvgIpc) is 2.84. The number of fused-ring (bicyclic) bond motifs is 1. The number of amides is 1. The molecule has 0 bridgehead atoms. The van der Waals surface area contributed by atoms with E-state index in [-0.39, 0.29) is 11.0 Å². The van der Waals surface area contributed by atoms with Crippen molar-refractivity contribution < 1.29 is 9.53 Å². The zero-order valence-corrected chi connectivity index (χ0v) is 15.1. The van der Waals surface area contributed by atoms with Gasteiger partial charge >= 0.3 is 6.09 Å². The van der Waals surface area contributed by atoms with Crippen LogP contribution in [0.2, 0.25) is 0 Å². The number of nitrogens with zero attached hydrogens (tertiary/aromatic N) is 1. The van der Waals surface area contributed by atoms with Crippen molar-refractivity contribution in [2.45, 2.75) is 37.9 Å². The summed E-state index contributed by atoms with van der Waals surface area (Å²) in [6.07, 6.45) is -0.297. The van der Waals surface area contributed by atoms with Gasteiger partial charge in [-0.1, -0.05) is 64.5 Å². The van der Waals surface area contributed by atoms with Gasteiger partial charge in [0.2, 0.25) is 0 Å². The van der Waals surface area contributed by atoms with Gasteiger partial charge in [0.05, 0.1) is 6.54 Å². The molecule has 0 saturated carbocycles. The smallest absolute Gasteiger partial charge is 0.411 e. The Balaban J connectivity index is 1.94. The topological polar surface area (TPSA) is 29.5 Å². The Kier molecular flexibility index (Phi) is 4.19. The van der Waals surface area contributed by atoms with Gasteiger partial charge in [0, 0.05) is 0 Å². The van der Waals surface area contributed by atoms with Crippen molar-refractivity contribution in [1.29, 1.82) is 0 Å². The van der Waals surface area contributed by atoms with Crippen molar-refractivity contribution in [1.82, 2.24) is 4.90 Å². The molecule has 0 spiro atoms. The van der Waals surface area contributed by atoms with Crippen LogP contribution in [-0.4, -0.2) is 16.6 Å². The Morgan fingerprint density at radius 3 is 2.48 bits per heavy atom. The lowest BCUT2D eigenvalue weighted by molar-refractivity contribution is 0.0239. The van der Waals surface area contributed by atoms with Crippen molar-refractivity contribution in [3.8, 4) is 11.1 Å². The summed E-state index contributed by atoms with van der Waals surface area (Å²) >= 11 is 3.64. The minimum Gasteiger partial charge on any atom is -0.444 e. The van der Waals surface area contributed by atoms with Gasteiger partial charge in [-0.3, -0.25) is 4.90 Å². The number of rotatable bonds is 1. The van der Waals surface area contributed by atoms with E-state index >= 15 is 0 Å². The molecule has 1 atom stereocenters. The molecule has 1 aliphatic heterocycles. The van der Waals surface area contributed by atoms with E-state index in [2.05, 4.69) is 40.2 Å². The van der Waals surface area contributed by atoms with E-state index in [1.54, 1.807) is 4.90 Å². The van der Waals surface area contributed by atoms with E-state index in [4.69, 9.17) is 4.74 Å². The molecule has 0 aromatic heterocycles. The van der Waals surface area contributed by atoms with E-state index < -0.39 is 5.60 Å². The number of carbonyl (C=O) groups is 1. The third-order valence-electron chi connectivity index (χ3n) is 3.78. The molecule has 1 aliphatic rings. The second-order valence-corrected chi connectivity index (χ2v) is 7.55. The molecule has 2 aromatic carbocycles. The molecule has 0 saturated heterocycles. The molecule has 120 valence electrons. The van der Waals surface area contributed by atoms with Gasteiger partial charge in [-0.25, -0.2) is 4.79 Å². The highest BCUT2D eigenvalue weighted by Crippen LogP contribution is 2.42. The van der Waals surface area contributed by atoms with Crippen LogP contribution in [-0.2, 0) is 11.3 Å². The van der Waals surface area contributed by atoms with Crippen LogP contribution in [0.25, 0.3) is 11.1 Å². The number of carbonyl (C=O) groups excluding carboxylic acids is 1. The highest BCUT2D eigenvalue weighted by Gasteiger charge is 2.35. The molecule has 23 heavy (non-hydrogen) atoms. The Bertz CT molecular complexity index is 722. The van der Waals surface area contributed by atoms with Crippen molar-refractivity contribution in [2.24, 2.45) is 0 Å². The minimum atomic E-state index is -0.499. The number of ether oxygens (including phenoxy) is 1. The first-order chi connectivity index (χ1) is 10.9. The highest BCUT2D eigenvalue weighted by atomic mass is 79.9. The van der Waals surface area contributed by atoms with Gasteiger partial charge in [0.15, 0.2) is 0 Å². The zero-order valence-electron chi connectivity index (χ0n) is 13.5. The number of halogens is 1. The second-order valence-electron chi connectivity index (χ2n) is 6.68. The maximum absolute atomic E-state index is 12.5. The van der Waals surface area contributed by atoms with Gasteiger partial charge in [-0.15, -0.1) is 0 Å². The van der Waals surface area contributed by atoms with E-state index in [0.717, 1.165) is 11.1 Å². The van der Waals surface area contributed by atoms with E-state index in [1.807, 2.05) is 45.0 Å². The molecule has 1 unspecified atom stereocenters. The lowest BCUT2D eigenvalue weighted by Gasteiger charge is -2.26. The van der Waals surface area contributed by atoms with Gasteiger partial charge in [0.25, 0.3) is 0 Å². The number of hydrogen-bond donors (Lipinski definition) is 0. The van der Waals surface area contributed by atoms with Crippen molar-refractivity contribution in [2.75, 3.05) is 0 Å². The predicted molar refractivity (Wildman–Crippen MR) is 95.3 cm³/mol. The monoisotopic (exact) mass is 373 g/mol. The maximum Gasteiger partial charge on any atom is 0.411 e. The molecule has 3 nitrogen and oxygen atoms in total. The number of hydrogen-bond acceptors (Lipinski definition) is 2. The van der Waals surface area contributed by atoms with Crippen LogP contribution < -0.4 is 0 Å². The first-order valence-electron chi connectivity index (χ1n) is 7.68. The third-order valence-corrected chi connectivity index (χ3v) is 4.77. The fraction of sp³-hybridized carbons (Fsp3) is 0.316. The Morgan fingerprint density at radius 1 is 1.13 bits per heavy atom. The quantitative estimate of drug-likeness (QED) is 0.487. The molecule has 0 fully saturated rings. The lowest BCUT2D eigenvalue weighted by Crippen LogP contribution is -2.34. The summed E-state index contributed by atoms with van der Waals surface area (Å²) in [4.78, 5) is 14.0. The molecule has 4 heteroatoms. The molecule has 0 radical (unpaired) electrons. The van der Waals surface area contributed by atoms with Crippen molar-refractivity contribution >= 4 is 22.0 Å². The van der Waals surface area contributed by atoms with Crippen LogP contribution >= 0.6 is 15.9 Å². The normalized spacial score (nSPS) is 17.0. The van der Waals surface area contributed by atoms with Crippen molar-refractivity contribution in [3.63, 3.8) is 0 Å².